The van der Waals surface area contributed by atoms with Crippen molar-refractivity contribution in [3.05, 3.63) is 175 Å². The normalized spacial score (nSPS) is 11.3. The molecule has 0 radical (unpaired) electrons. The van der Waals surface area contributed by atoms with E-state index in [1.165, 1.54) is 77.4 Å². The van der Waals surface area contributed by atoms with Crippen LogP contribution in [0.3, 0.4) is 0 Å². The lowest BCUT2D eigenvalue weighted by atomic mass is 9.92. The largest absolute Gasteiger partial charge is 0.309 e. The molecule has 0 fully saturated rings. The lowest BCUT2D eigenvalue weighted by molar-refractivity contribution is 1.18. The van der Waals surface area contributed by atoms with Gasteiger partial charge in [-0.3, -0.25) is 0 Å². The van der Waals surface area contributed by atoms with Crippen LogP contribution in [0.5, 0.6) is 0 Å². The third kappa shape index (κ3) is 4.83. The van der Waals surface area contributed by atoms with E-state index < -0.39 is 0 Å². The Balaban J connectivity index is 1.18. The van der Waals surface area contributed by atoms with Crippen molar-refractivity contribution in [3.8, 4) is 50.2 Å². The number of hydrogen-bond acceptors (Lipinski definition) is 0. The molecule has 0 unspecified atom stereocenters. The van der Waals surface area contributed by atoms with E-state index in [9.17, 15) is 0 Å². The molecular weight excluding hydrogens is 542 g/mol. The molecule has 8 rings (SSSR count). The van der Waals surface area contributed by atoms with Crippen molar-refractivity contribution < 1.29 is 0 Å². The summed E-state index contributed by atoms with van der Waals surface area (Å²) in [5.41, 5.74) is 16.1. The van der Waals surface area contributed by atoms with E-state index in [1.54, 1.807) is 0 Å². The number of rotatable bonds is 5. The van der Waals surface area contributed by atoms with Crippen LogP contribution in [-0.4, -0.2) is 4.57 Å². The van der Waals surface area contributed by atoms with E-state index in [2.05, 4.69) is 182 Å². The molecule has 0 saturated carbocycles. The van der Waals surface area contributed by atoms with E-state index in [1.807, 2.05) is 0 Å². The molecule has 7 aromatic carbocycles. The smallest absolute Gasteiger partial charge is 0.0541 e. The predicted octanol–water partition coefficient (Wildman–Crippen LogP) is 12.1. The molecule has 1 heterocycles. The number of nitrogens with zero attached hydrogens (tertiary/aromatic N) is 1. The van der Waals surface area contributed by atoms with Crippen molar-refractivity contribution >= 4 is 21.8 Å². The zero-order valence-corrected chi connectivity index (χ0v) is 25.5. The van der Waals surface area contributed by atoms with Gasteiger partial charge in [-0.05, 0) is 106 Å². The summed E-state index contributed by atoms with van der Waals surface area (Å²) < 4.78 is 2.39. The average Bonchev–Trinajstić information content (AvgIpc) is 3.43. The molecular formula is C44H33N. The number of hydrogen-bond donors (Lipinski definition) is 0. The van der Waals surface area contributed by atoms with Gasteiger partial charge < -0.3 is 4.57 Å². The average molecular weight is 576 g/mol. The van der Waals surface area contributed by atoms with Crippen LogP contribution in [0.25, 0.3) is 72.0 Å². The topological polar surface area (TPSA) is 4.93 Å². The molecule has 0 amide bonds. The lowest BCUT2D eigenvalue weighted by Crippen LogP contribution is -1.94. The van der Waals surface area contributed by atoms with Gasteiger partial charge in [0.15, 0.2) is 0 Å². The Hall–Kier alpha value is -5.66. The van der Waals surface area contributed by atoms with E-state index in [0.717, 1.165) is 5.69 Å². The van der Waals surface area contributed by atoms with Crippen LogP contribution in [0.2, 0.25) is 0 Å². The van der Waals surface area contributed by atoms with Gasteiger partial charge in [-0.2, -0.15) is 0 Å². The Morgan fingerprint density at radius 2 is 0.844 bits per heavy atom. The van der Waals surface area contributed by atoms with Gasteiger partial charge >= 0.3 is 0 Å². The van der Waals surface area contributed by atoms with Gasteiger partial charge in [0.25, 0.3) is 0 Å². The third-order valence-corrected chi connectivity index (χ3v) is 9.13. The maximum atomic E-state index is 2.39. The minimum Gasteiger partial charge on any atom is -0.309 e. The summed E-state index contributed by atoms with van der Waals surface area (Å²) in [6.07, 6.45) is 0. The van der Waals surface area contributed by atoms with Crippen molar-refractivity contribution in [1.29, 1.82) is 0 Å². The molecule has 0 bridgehead atoms. The first-order chi connectivity index (χ1) is 22.1. The highest BCUT2D eigenvalue weighted by Gasteiger charge is 2.14. The zero-order valence-electron chi connectivity index (χ0n) is 25.5. The van der Waals surface area contributed by atoms with Crippen LogP contribution in [0.4, 0.5) is 0 Å². The van der Waals surface area contributed by atoms with E-state index in [0.29, 0.717) is 0 Å². The molecule has 1 nitrogen and oxygen atoms in total. The monoisotopic (exact) mass is 575 g/mol. The van der Waals surface area contributed by atoms with E-state index >= 15 is 0 Å². The first-order valence-corrected chi connectivity index (χ1v) is 15.6. The summed E-state index contributed by atoms with van der Waals surface area (Å²) >= 11 is 0. The van der Waals surface area contributed by atoms with Crippen LogP contribution in [0, 0.1) is 13.8 Å². The number of fused-ring (bicyclic) bond motifs is 3. The predicted molar refractivity (Wildman–Crippen MR) is 192 cm³/mol. The maximum absolute atomic E-state index is 2.39. The number of benzene rings is 7. The molecule has 1 aromatic heterocycles. The van der Waals surface area contributed by atoms with Crippen molar-refractivity contribution in [2.75, 3.05) is 0 Å². The number of para-hydroxylation sites is 1. The van der Waals surface area contributed by atoms with Crippen LogP contribution in [0.15, 0.2) is 164 Å². The SMILES string of the molecule is Cc1ccccc1-c1cc(-c2ccc3c(c2)c2ccccc2n3-c2ccc(-c3ccc(-c4ccccc4)cc3)cc2)ccc1C. The molecule has 0 atom stereocenters. The van der Waals surface area contributed by atoms with Gasteiger partial charge in [-0.15, -0.1) is 0 Å². The third-order valence-electron chi connectivity index (χ3n) is 9.13. The molecule has 8 aromatic rings. The van der Waals surface area contributed by atoms with Gasteiger partial charge in [0, 0.05) is 16.5 Å². The Morgan fingerprint density at radius 3 is 1.58 bits per heavy atom. The van der Waals surface area contributed by atoms with Gasteiger partial charge in [0.1, 0.15) is 0 Å². The van der Waals surface area contributed by atoms with Crippen LogP contribution >= 0.6 is 0 Å². The Bertz CT molecular complexity index is 2300. The summed E-state index contributed by atoms with van der Waals surface area (Å²) in [6.45, 7) is 4.39. The van der Waals surface area contributed by atoms with Crippen molar-refractivity contribution in [2.45, 2.75) is 13.8 Å². The van der Waals surface area contributed by atoms with Gasteiger partial charge in [-0.1, -0.05) is 127 Å². The molecule has 214 valence electrons. The second-order valence-corrected chi connectivity index (χ2v) is 11.9. The molecule has 0 aliphatic carbocycles. The fourth-order valence-corrected chi connectivity index (χ4v) is 6.69. The first kappa shape index (κ1) is 26.9. The molecule has 0 spiro atoms. The molecule has 0 saturated heterocycles. The van der Waals surface area contributed by atoms with Crippen molar-refractivity contribution in [1.82, 2.24) is 4.57 Å². The lowest BCUT2D eigenvalue weighted by Gasteiger charge is -2.13. The molecule has 0 aliphatic heterocycles. The fourth-order valence-electron chi connectivity index (χ4n) is 6.69. The highest BCUT2D eigenvalue weighted by atomic mass is 15.0. The van der Waals surface area contributed by atoms with E-state index in [4.69, 9.17) is 0 Å². The summed E-state index contributed by atoms with van der Waals surface area (Å²) in [7, 11) is 0. The maximum Gasteiger partial charge on any atom is 0.0541 e. The standard InChI is InChI=1S/C44H33N/c1-30-10-6-7-13-39(30)41-28-36(17-16-31(41)2)37-24-27-44-42(29-37)40-14-8-9-15-43(40)45(44)38-25-22-35(23-26-38)34-20-18-33(19-21-34)32-11-4-3-5-12-32/h3-29H,1-2H3. The van der Waals surface area contributed by atoms with Crippen molar-refractivity contribution in [3.63, 3.8) is 0 Å². The summed E-state index contributed by atoms with van der Waals surface area (Å²) in [5, 5.41) is 2.53. The Morgan fingerprint density at radius 1 is 0.333 bits per heavy atom. The van der Waals surface area contributed by atoms with E-state index in [-0.39, 0.29) is 0 Å². The number of aromatic nitrogens is 1. The van der Waals surface area contributed by atoms with Gasteiger partial charge in [0.2, 0.25) is 0 Å². The van der Waals surface area contributed by atoms with Crippen molar-refractivity contribution in [2.24, 2.45) is 0 Å². The second kappa shape index (κ2) is 11.1. The second-order valence-electron chi connectivity index (χ2n) is 11.9. The quantitative estimate of drug-likeness (QED) is 0.192. The molecule has 0 aliphatic rings. The molecule has 1 heteroatoms. The zero-order chi connectivity index (χ0) is 30.3. The van der Waals surface area contributed by atoms with Gasteiger partial charge in [-0.25, -0.2) is 0 Å². The molecule has 0 N–H and O–H groups in total. The highest BCUT2D eigenvalue weighted by Crippen LogP contribution is 2.37. The molecule has 45 heavy (non-hydrogen) atoms. The Labute approximate surface area is 264 Å². The first-order valence-electron chi connectivity index (χ1n) is 15.6. The van der Waals surface area contributed by atoms with Crippen LogP contribution < -0.4 is 0 Å². The number of aryl methyl sites for hydroxylation is 2. The van der Waals surface area contributed by atoms with Gasteiger partial charge in [0.05, 0.1) is 11.0 Å². The summed E-state index contributed by atoms with van der Waals surface area (Å²) in [5.74, 6) is 0. The minimum atomic E-state index is 1.16. The minimum absolute atomic E-state index is 1.16. The summed E-state index contributed by atoms with van der Waals surface area (Å²) in [6, 6.07) is 59.5. The fraction of sp³-hybridized carbons (Fsp3) is 0.0455. The van der Waals surface area contributed by atoms with Crippen LogP contribution in [0.1, 0.15) is 11.1 Å². The summed E-state index contributed by atoms with van der Waals surface area (Å²) in [4.78, 5) is 0. The van der Waals surface area contributed by atoms with Crippen LogP contribution in [-0.2, 0) is 0 Å². The highest BCUT2D eigenvalue weighted by molar-refractivity contribution is 6.10. The Kier molecular flexibility index (Phi) is 6.65.